The van der Waals surface area contributed by atoms with Gasteiger partial charge in [0.2, 0.25) is 0 Å². The van der Waals surface area contributed by atoms with Crippen LogP contribution in [0, 0.1) is 0 Å². The molecule has 0 aliphatic carbocycles. The lowest BCUT2D eigenvalue weighted by molar-refractivity contribution is 0.241. The number of hydrogen-bond acceptors (Lipinski definition) is 2. The van der Waals surface area contributed by atoms with E-state index >= 15 is 0 Å². The smallest absolute Gasteiger partial charge is 0.0582 e. The second kappa shape index (κ2) is 6.59. The summed E-state index contributed by atoms with van der Waals surface area (Å²) in [6.07, 6.45) is 2.20. The summed E-state index contributed by atoms with van der Waals surface area (Å²) >= 11 is 0. The second-order valence-electron chi connectivity index (χ2n) is 4.18. The van der Waals surface area contributed by atoms with E-state index in [1.807, 2.05) is 13.0 Å². The van der Waals surface area contributed by atoms with E-state index in [0.29, 0.717) is 6.04 Å². The molecule has 0 unspecified atom stereocenters. The van der Waals surface area contributed by atoms with Crippen LogP contribution in [0.5, 0.6) is 0 Å². The van der Waals surface area contributed by atoms with Crippen molar-refractivity contribution in [3.63, 3.8) is 0 Å². The van der Waals surface area contributed by atoms with Crippen LogP contribution in [-0.2, 0) is 6.42 Å². The summed E-state index contributed by atoms with van der Waals surface area (Å²) < 4.78 is 0. The minimum atomic E-state index is 0.191. The van der Waals surface area contributed by atoms with Gasteiger partial charge in [-0.3, -0.25) is 0 Å². The van der Waals surface area contributed by atoms with Gasteiger partial charge in [-0.15, -0.1) is 0 Å². The molecular formula is C13H21NO. The fraction of sp³-hybridized carbons (Fsp3) is 0.538. The van der Waals surface area contributed by atoms with Crippen molar-refractivity contribution in [2.75, 3.05) is 6.61 Å². The molecule has 0 saturated carbocycles. The van der Waals surface area contributed by atoms with Crippen LogP contribution < -0.4 is 5.32 Å². The summed E-state index contributed by atoms with van der Waals surface area (Å²) in [6.45, 7) is 4.36. The Balaban J connectivity index is 2.25. The van der Waals surface area contributed by atoms with Gasteiger partial charge in [0.25, 0.3) is 0 Å². The van der Waals surface area contributed by atoms with Crippen LogP contribution in [0.25, 0.3) is 0 Å². The Hall–Kier alpha value is -0.860. The molecule has 2 atom stereocenters. The number of aliphatic hydroxyl groups excluding tert-OH is 1. The molecule has 0 amide bonds. The molecule has 0 bridgehead atoms. The number of rotatable bonds is 6. The average molecular weight is 207 g/mol. The number of aliphatic hydroxyl groups is 1. The van der Waals surface area contributed by atoms with Crippen LogP contribution in [0.15, 0.2) is 30.3 Å². The maximum atomic E-state index is 8.91. The average Bonchev–Trinajstić information content (AvgIpc) is 2.27. The molecule has 2 nitrogen and oxygen atoms in total. The van der Waals surface area contributed by atoms with Crippen molar-refractivity contribution in [3.8, 4) is 0 Å². The van der Waals surface area contributed by atoms with Crippen molar-refractivity contribution >= 4 is 0 Å². The molecule has 1 aromatic carbocycles. The minimum absolute atomic E-state index is 0.191. The Morgan fingerprint density at radius 3 is 2.40 bits per heavy atom. The summed E-state index contributed by atoms with van der Waals surface area (Å²) in [7, 11) is 0. The monoisotopic (exact) mass is 207 g/mol. The van der Waals surface area contributed by atoms with E-state index in [4.69, 9.17) is 5.11 Å². The van der Waals surface area contributed by atoms with E-state index in [-0.39, 0.29) is 12.6 Å². The predicted octanol–water partition coefficient (Wildman–Crippen LogP) is 1.98. The highest BCUT2D eigenvalue weighted by Gasteiger charge is 2.05. The zero-order valence-corrected chi connectivity index (χ0v) is 9.61. The lowest BCUT2D eigenvalue weighted by atomic mass is 10.1. The van der Waals surface area contributed by atoms with E-state index in [9.17, 15) is 0 Å². The Bertz CT molecular complexity index is 260. The van der Waals surface area contributed by atoms with Crippen molar-refractivity contribution in [1.29, 1.82) is 0 Å². The van der Waals surface area contributed by atoms with E-state index in [0.717, 1.165) is 12.8 Å². The number of hydrogen-bond donors (Lipinski definition) is 2. The van der Waals surface area contributed by atoms with Crippen LogP contribution in [0.4, 0.5) is 0 Å². The normalized spacial score (nSPS) is 14.9. The molecule has 0 spiro atoms. The fourth-order valence-electron chi connectivity index (χ4n) is 1.65. The van der Waals surface area contributed by atoms with Crippen molar-refractivity contribution in [2.45, 2.75) is 38.8 Å². The number of aryl methyl sites for hydroxylation is 1. The summed E-state index contributed by atoms with van der Waals surface area (Å²) in [6, 6.07) is 11.1. The van der Waals surface area contributed by atoms with Gasteiger partial charge in [0.05, 0.1) is 6.61 Å². The molecule has 0 radical (unpaired) electrons. The summed E-state index contributed by atoms with van der Waals surface area (Å²) in [5, 5.41) is 12.3. The molecule has 0 heterocycles. The molecule has 0 fully saturated rings. The number of benzene rings is 1. The van der Waals surface area contributed by atoms with Crippen LogP contribution >= 0.6 is 0 Å². The quantitative estimate of drug-likeness (QED) is 0.747. The lowest BCUT2D eigenvalue weighted by Crippen LogP contribution is -2.36. The van der Waals surface area contributed by atoms with Gasteiger partial charge in [-0.2, -0.15) is 0 Å². The highest BCUT2D eigenvalue weighted by Crippen LogP contribution is 2.05. The van der Waals surface area contributed by atoms with Crippen LogP contribution in [0.2, 0.25) is 0 Å². The molecule has 0 saturated heterocycles. The van der Waals surface area contributed by atoms with Gasteiger partial charge in [0, 0.05) is 12.1 Å². The number of nitrogens with one attached hydrogen (secondary N) is 1. The molecule has 2 heteroatoms. The molecule has 84 valence electrons. The molecule has 2 N–H and O–H groups in total. The fourth-order valence-corrected chi connectivity index (χ4v) is 1.65. The van der Waals surface area contributed by atoms with Crippen molar-refractivity contribution in [1.82, 2.24) is 5.32 Å². The Morgan fingerprint density at radius 1 is 1.13 bits per heavy atom. The molecular weight excluding hydrogens is 186 g/mol. The van der Waals surface area contributed by atoms with E-state index < -0.39 is 0 Å². The summed E-state index contributed by atoms with van der Waals surface area (Å²) in [4.78, 5) is 0. The van der Waals surface area contributed by atoms with Gasteiger partial charge in [-0.25, -0.2) is 0 Å². The maximum Gasteiger partial charge on any atom is 0.0582 e. The van der Waals surface area contributed by atoms with Gasteiger partial charge in [-0.1, -0.05) is 30.3 Å². The first kappa shape index (κ1) is 12.2. The van der Waals surface area contributed by atoms with Gasteiger partial charge in [-0.05, 0) is 32.3 Å². The van der Waals surface area contributed by atoms with Crippen molar-refractivity contribution < 1.29 is 5.11 Å². The lowest BCUT2D eigenvalue weighted by Gasteiger charge is -2.18. The zero-order chi connectivity index (χ0) is 11.1. The molecule has 0 aliphatic heterocycles. The zero-order valence-electron chi connectivity index (χ0n) is 9.61. The Labute approximate surface area is 92.3 Å². The van der Waals surface area contributed by atoms with Crippen molar-refractivity contribution in [3.05, 3.63) is 35.9 Å². The van der Waals surface area contributed by atoms with Gasteiger partial charge in [0.1, 0.15) is 0 Å². The maximum absolute atomic E-state index is 8.91. The van der Waals surface area contributed by atoms with Crippen LogP contribution in [0.3, 0.4) is 0 Å². The van der Waals surface area contributed by atoms with Crippen LogP contribution in [-0.4, -0.2) is 23.8 Å². The standard InChI is InChI=1S/C13H21NO/c1-11(14-12(2)10-15)8-9-13-6-4-3-5-7-13/h3-7,11-12,14-15H,8-10H2,1-2H3/t11-,12+/m0/s1. The molecule has 0 aliphatic rings. The molecule has 1 rings (SSSR count). The Kier molecular flexibility index (Phi) is 5.37. The second-order valence-corrected chi connectivity index (χ2v) is 4.18. The van der Waals surface area contributed by atoms with Crippen LogP contribution in [0.1, 0.15) is 25.8 Å². The van der Waals surface area contributed by atoms with Gasteiger partial charge in [0.15, 0.2) is 0 Å². The highest BCUT2D eigenvalue weighted by atomic mass is 16.3. The third-order valence-corrected chi connectivity index (χ3v) is 2.55. The topological polar surface area (TPSA) is 32.3 Å². The van der Waals surface area contributed by atoms with E-state index in [2.05, 4.69) is 36.5 Å². The molecule has 1 aromatic rings. The largest absolute Gasteiger partial charge is 0.395 e. The third kappa shape index (κ3) is 4.96. The highest BCUT2D eigenvalue weighted by molar-refractivity contribution is 5.14. The summed E-state index contributed by atoms with van der Waals surface area (Å²) in [5.41, 5.74) is 1.38. The predicted molar refractivity (Wildman–Crippen MR) is 63.9 cm³/mol. The van der Waals surface area contributed by atoms with Crippen molar-refractivity contribution in [2.24, 2.45) is 0 Å². The SMILES string of the molecule is C[C@H](CO)N[C@@H](C)CCc1ccccc1. The third-order valence-electron chi connectivity index (χ3n) is 2.55. The first-order valence-corrected chi connectivity index (χ1v) is 5.63. The molecule has 15 heavy (non-hydrogen) atoms. The summed E-state index contributed by atoms with van der Waals surface area (Å²) in [5.74, 6) is 0. The Morgan fingerprint density at radius 2 is 1.80 bits per heavy atom. The van der Waals surface area contributed by atoms with E-state index in [1.54, 1.807) is 0 Å². The first-order valence-electron chi connectivity index (χ1n) is 5.63. The first-order chi connectivity index (χ1) is 7.22. The van der Waals surface area contributed by atoms with E-state index in [1.165, 1.54) is 5.56 Å². The molecule has 0 aromatic heterocycles. The van der Waals surface area contributed by atoms with Gasteiger partial charge >= 0.3 is 0 Å². The van der Waals surface area contributed by atoms with Gasteiger partial charge < -0.3 is 10.4 Å². The minimum Gasteiger partial charge on any atom is -0.395 e.